The van der Waals surface area contributed by atoms with Crippen LogP contribution in [0.25, 0.3) is 0 Å². The van der Waals surface area contributed by atoms with Gasteiger partial charge in [-0.25, -0.2) is 0 Å². The van der Waals surface area contributed by atoms with Crippen LogP contribution < -0.4 is 9.64 Å². The van der Waals surface area contributed by atoms with Crippen molar-refractivity contribution in [3.8, 4) is 5.75 Å². The molecule has 1 aromatic carbocycles. The number of alkyl halides is 1. The van der Waals surface area contributed by atoms with Gasteiger partial charge in [-0.15, -0.1) is 24.9 Å². The third kappa shape index (κ3) is 6.04. The number of anilines is 1. The van der Waals surface area contributed by atoms with Crippen molar-refractivity contribution in [2.24, 2.45) is 11.8 Å². The average Bonchev–Trinajstić information content (AvgIpc) is 3.57. The molecule has 6 atom stereocenters. The van der Waals surface area contributed by atoms with Crippen LogP contribution in [-0.2, 0) is 14.4 Å². The second-order valence-corrected chi connectivity index (χ2v) is 13.9. The van der Waals surface area contributed by atoms with E-state index in [4.69, 9.17) is 4.74 Å². The first-order valence-electron chi connectivity index (χ1n) is 15.1. The normalized spacial score (nSPS) is 27.6. The van der Waals surface area contributed by atoms with Gasteiger partial charge in [0.15, 0.2) is 0 Å². The highest BCUT2D eigenvalue weighted by Crippen LogP contribution is 2.68. The first-order chi connectivity index (χ1) is 20.3. The lowest BCUT2D eigenvalue weighted by Gasteiger charge is -2.38. The molecule has 0 aliphatic carbocycles. The summed E-state index contributed by atoms with van der Waals surface area (Å²) in [7, 11) is 0. The number of aliphatic hydroxyl groups is 1. The fourth-order valence-electron chi connectivity index (χ4n) is 6.87. The first-order valence-corrected chi connectivity index (χ1v) is 16.9. The van der Waals surface area contributed by atoms with Gasteiger partial charge in [-0.2, -0.15) is 0 Å². The molecule has 3 heterocycles. The number of hydrogen-bond acceptors (Lipinski definition) is 6. The molecular formula is C32H44BrN3O5S. The standard InChI is InChI=1S/C32H44BrN3O5S/c1-5-9-10-18-34(16-6-2)31(40)28-32-21-24(33)27(42-32)25(26(32)30(39)36(28)19-11-20-37)29(38)35(17-7-3)22-12-14-23(15-13-22)41-8-4/h6-7,12-15,24-28,37H,2-3,5,8-11,16-21H2,1,4H3/t24?,25-,26+,27-,28?,32?/m1/s1. The Labute approximate surface area is 262 Å². The number of nitrogens with zero attached hydrogens (tertiary/aromatic N) is 3. The number of benzene rings is 1. The number of thioether (sulfide) groups is 1. The van der Waals surface area contributed by atoms with Crippen molar-refractivity contribution in [2.75, 3.05) is 44.3 Å². The number of fused-ring (bicyclic) bond motifs is 1. The molecule has 1 aromatic rings. The largest absolute Gasteiger partial charge is 0.494 e. The molecule has 0 radical (unpaired) electrons. The minimum absolute atomic E-state index is 0.0209. The van der Waals surface area contributed by atoms with E-state index < -0.39 is 22.6 Å². The molecule has 42 heavy (non-hydrogen) atoms. The molecule has 3 unspecified atom stereocenters. The predicted molar refractivity (Wildman–Crippen MR) is 172 cm³/mol. The van der Waals surface area contributed by atoms with Gasteiger partial charge in [-0.05, 0) is 50.5 Å². The summed E-state index contributed by atoms with van der Waals surface area (Å²) in [5.74, 6) is -0.895. The Morgan fingerprint density at radius 3 is 2.48 bits per heavy atom. The number of unbranched alkanes of at least 4 members (excludes halogenated alkanes) is 2. The van der Waals surface area contributed by atoms with Gasteiger partial charge < -0.3 is 24.5 Å². The zero-order valence-corrected chi connectivity index (χ0v) is 27.2. The molecule has 3 aliphatic rings. The number of halogens is 1. The van der Waals surface area contributed by atoms with E-state index in [0.29, 0.717) is 44.8 Å². The lowest BCUT2D eigenvalue weighted by Crippen LogP contribution is -2.56. The van der Waals surface area contributed by atoms with Crippen molar-refractivity contribution < 1.29 is 24.2 Å². The molecule has 1 N–H and O–H groups in total. The zero-order valence-electron chi connectivity index (χ0n) is 24.8. The molecular weight excluding hydrogens is 618 g/mol. The maximum atomic E-state index is 14.5. The van der Waals surface area contributed by atoms with E-state index in [2.05, 4.69) is 36.0 Å². The number of aliphatic hydroxyl groups excluding tert-OH is 1. The fraction of sp³-hybridized carbons (Fsp3) is 0.594. The van der Waals surface area contributed by atoms with Gasteiger partial charge in [-0.3, -0.25) is 14.4 Å². The maximum absolute atomic E-state index is 14.5. The molecule has 8 nitrogen and oxygen atoms in total. The minimum Gasteiger partial charge on any atom is -0.494 e. The van der Waals surface area contributed by atoms with Gasteiger partial charge in [0.2, 0.25) is 17.7 Å². The Kier molecular flexibility index (Phi) is 11.2. The molecule has 3 aliphatic heterocycles. The molecule has 230 valence electrons. The Balaban J connectivity index is 1.72. The zero-order chi connectivity index (χ0) is 30.4. The van der Waals surface area contributed by atoms with Gasteiger partial charge in [0.05, 0.1) is 23.2 Å². The predicted octanol–water partition coefficient (Wildman–Crippen LogP) is 4.66. The number of ether oxygens (including phenoxy) is 1. The van der Waals surface area contributed by atoms with Crippen LogP contribution >= 0.6 is 27.7 Å². The van der Waals surface area contributed by atoms with E-state index in [1.807, 2.05) is 36.1 Å². The van der Waals surface area contributed by atoms with E-state index in [9.17, 15) is 19.5 Å². The van der Waals surface area contributed by atoms with E-state index in [0.717, 1.165) is 25.0 Å². The third-order valence-electron chi connectivity index (χ3n) is 8.60. The smallest absolute Gasteiger partial charge is 0.247 e. The minimum atomic E-state index is -0.731. The van der Waals surface area contributed by atoms with Crippen molar-refractivity contribution in [3.05, 3.63) is 49.6 Å². The number of hydrogen-bond donors (Lipinski definition) is 1. The van der Waals surface area contributed by atoms with Crippen LogP contribution in [0.15, 0.2) is 49.6 Å². The molecule has 0 saturated carbocycles. The van der Waals surface area contributed by atoms with E-state index in [-0.39, 0.29) is 41.0 Å². The number of amides is 3. The van der Waals surface area contributed by atoms with Crippen LogP contribution in [0.1, 0.15) is 46.0 Å². The SMILES string of the molecule is C=CCN(CCCCC)C(=O)C1N(CCCO)C(=O)[C@@H]2[C@@H](C(=O)N(CC=C)c3ccc(OCC)cc3)[C@@H]3SC12CC3Br. The van der Waals surface area contributed by atoms with Crippen molar-refractivity contribution in [1.29, 1.82) is 0 Å². The molecule has 2 bridgehead atoms. The molecule has 4 rings (SSSR count). The van der Waals surface area contributed by atoms with E-state index in [1.54, 1.807) is 33.7 Å². The summed E-state index contributed by atoms with van der Waals surface area (Å²) >= 11 is 5.49. The number of carbonyl (C=O) groups excluding carboxylic acids is 3. The van der Waals surface area contributed by atoms with Gasteiger partial charge in [0, 0.05) is 48.6 Å². The Morgan fingerprint density at radius 1 is 1.14 bits per heavy atom. The highest BCUT2D eigenvalue weighted by Gasteiger charge is 2.76. The molecule has 3 fully saturated rings. The lowest BCUT2D eigenvalue weighted by molar-refractivity contribution is -0.142. The van der Waals surface area contributed by atoms with Gasteiger partial charge in [0.25, 0.3) is 0 Å². The van der Waals surface area contributed by atoms with Crippen LogP contribution in [-0.4, -0.2) is 92.9 Å². The average molecular weight is 663 g/mol. The summed E-state index contributed by atoms with van der Waals surface area (Å²) in [4.78, 5) is 48.3. The van der Waals surface area contributed by atoms with Crippen LogP contribution in [0, 0.1) is 11.8 Å². The highest BCUT2D eigenvalue weighted by atomic mass is 79.9. The molecule has 0 aromatic heterocycles. The van der Waals surface area contributed by atoms with Gasteiger partial charge in [-0.1, -0.05) is 47.8 Å². The van der Waals surface area contributed by atoms with E-state index >= 15 is 0 Å². The Morgan fingerprint density at radius 2 is 1.86 bits per heavy atom. The summed E-state index contributed by atoms with van der Waals surface area (Å²) in [6.07, 6.45) is 7.33. The van der Waals surface area contributed by atoms with Crippen molar-refractivity contribution in [2.45, 2.75) is 66.8 Å². The van der Waals surface area contributed by atoms with Crippen molar-refractivity contribution in [3.63, 3.8) is 0 Å². The Hall–Kier alpha value is -2.30. The lowest BCUT2D eigenvalue weighted by atomic mass is 9.70. The summed E-state index contributed by atoms with van der Waals surface area (Å²) in [5, 5.41) is 9.51. The number of likely N-dealkylation sites (tertiary alicyclic amines) is 1. The monoisotopic (exact) mass is 661 g/mol. The summed E-state index contributed by atoms with van der Waals surface area (Å²) in [6.45, 7) is 13.8. The Bertz CT molecular complexity index is 1150. The summed E-state index contributed by atoms with van der Waals surface area (Å²) in [6, 6.07) is 6.69. The number of rotatable bonds is 16. The van der Waals surface area contributed by atoms with Crippen LogP contribution in [0.2, 0.25) is 0 Å². The fourth-order valence-corrected chi connectivity index (χ4v) is 10.5. The van der Waals surface area contributed by atoms with Gasteiger partial charge in [0.1, 0.15) is 11.8 Å². The number of carbonyl (C=O) groups is 3. The van der Waals surface area contributed by atoms with Crippen LogP contribution in [0.3, 0.4) is 0 Å². The van der Waals surface area contributed by atoms with Crippen molar-refractivity contribution in [1.82, 2.24) is 9.80 Å². The van der Waals surface area contributed by atoms with E-state index in [1.165, 1.54) is 0 Å². The van der Waals surface area contributed by atoms with Crippen molar-refractivity contribution >= 4 is 51.1 Å². The summed E-state index contributed by atoms with van der Waals surface area (Å²) < 4.78 is 4.86. The van der Waals surface area contributed by atoms with Crippen LogP contribution in [0.5, 0.6) is 5.75 Å². The third-order valence-corrected chi connectivity index (χ3v) is 11.8. The van der Waals surface area contributed by atoms with Gasteiger partial charge >= 0.3 is 0 Å². The topological polar surface area (TPSA) is 90.4 Å². The maximum Gasteiger partial charge on any atom is 0.247 e. The molecule has 3 amide bonds. The highest BCUT2D eigenvalue weighted by molar-refractivity contribution is 9.09. The second-order valence-electron chi connectivity index (χ2n) is 11.2. The molecule has 3 saturated heterocycles. The molecule has 10 heteroatoms. The van der Waals surface area contributed by atoms with Crippen LogP contribution in [0.4, 0.5) is 5.69 Å². The summed E-state index contributed by atoms with van der Waals surface area (Å²) in [5.41, 5.74) is 0.708. The quantitative estimate of drug-likeness (QED) is 0.158. The second kappa shape index (κ2) is 14.4. The first kappa shape index (κ1) is 32.6. The molecule has 1 spiro atoms.